The SMILES string of the molecule is CC(C)(C)OC(=O)N[C@@]1(C)CCN(c2c(C=O)cncc2-c2ccc(F)c(C#N)c2)C1. The van der Waals surface area contributed by atoms with Gasteiger partial charge in [0.2, 0.25) is 0 Å². The molecule has 0 bridgehead atoms. The van der Waals surface area contributed by atoms with Crippen molar-refractivity contribution in [1.82, 2.24) is 10.3 Å². The molecule has 0 unspecified atom stereocenters. The third-order valence-electron chi connectivity index (χ3n) is 5.06. The Morgan fingerprint density at radius 2 is 2.13 bits per heavy atom. The van der Waals surface area contributed by atoms with Crippen LogP contribution in [-0.2, 0) is 4.74 Å². The van der Waals surface area contributed by atoms with E-state index in [0.717, 1.165) is 6.29 Å². The summed E-state index contributed by atoms with van der Waals surface area (Å²) >= 11 is 0. The van der Waals surface area contributed by atoms with Crippen LogP contribution in [0.1, 0.15) is 50.0 Å². The Morgan fingerprint density at radius 1 is 1.39 bits per heavy atom. The molecule has 1 N–H and O–H groups in total. The lowest BCUT2D eigenvalue weighted by Crippen LogP contribution is -2.49. The molecule has 1 aliphatic rings. The topological polar surface area (TPSA) is 95.3 Å². The predicted molar refractivity (Wildman–Crippen MR) is 114 cm³/mol. The van der Waals surface area contributed by atoms with Gasteiger partial charge in [-0.25, -0.2) is 9.18 Å². The lowest BCUT2D eigenvalue weighted by molar-refractivity contribution is 0.0473. The minimum atomic E-state index is -0.609. The van der Waals surface area contributed by atoms with Crippen LogP contribution >= 0.6 is 0 Å². The van der Waals surface area contributed by atoms with Crippen molar-refractivity contribution >= 4 is 18.1 Å². The number of aldehydes is 1. The summed E-state index contributed by atoms with van der Waals surface area (Å²) in [5.74, 6) is -0.609. The fourth-order valence-electron chi connectivity index (χ4n) is 3.70. The number of amides is 1. The van der Waals surface area contributed by atoms with Gasteiger partial charge in [0.15, 0.2) is 6.29 Å². The van der Waals surface area contributed by atoms with Crippen LogP contribution in [-0.4, -0.2) is 41.6 Å². The number of hydrogen-bond donors (Lipinski definition) is 1. The van der Waals surface area contributed by atoms with Gasteiger partial charge in [0.1, 0.15) is 17.5 Å². The second-order valence-electron chi connectivity index (χ2n) is 8.91. The van der Waals surface area contributed by atoms with Crippen molar-refractivity contribution < 1.29 is 18.7 Å². The maximum atomic E-state index is 13.8. The summed E-state index contributed by atoms with van der Waals surface area (Å²) in [6, 6.07) is 6.06. The second kappa shape index (κ2) is 8.34. The van der Waals surface area contributed by atoms with Crippen LogP contribution in [0, 0.1) is 17.1 Å². The van der Waals surface area contributed by atoms with Gasteiger partial charge in [0, 0.05) is 31.0 Å². The van der Waals surface area contributed by atoms with Gasteiger partial charge in [-0.05, 0) is 51.8 Å². The molecule has 162 valence electrons. The number of nitriles is 1. The summed E-state index contributed by atoms with van der Waals surface area (Å²) in [7, 11) is 0. The molecule has 0 radical (unpaired) electrons. The van der Waals surface area contributed by atoms with Crippen molar-refractivity contribution in [1.29, 1.82) is 5.26 Å². The first-order chi connectivity index (χ1) is 14.5. The molecular weight excluding hydrogens is 399 g/mol. The van der Waals surface area contributed by atoms with Crippen molar-refractivity contribution in [3.8, 4) is 17.2 Å². The Balaban J connectivity index is 1.94. The number of hydrogen-bond acceptors (Lipinski definition) is 6. The smallest absolute Gasteiger partial charge is 0.408 e. The molecule has 1 amide bonds. The van der Waals surface area contributed by atoms with E-state index < -0.39 is 23.1 Å². The Morgan fingerprint density at radius 3 is 2.77 bits per heavy atom. The zero-order valence-corrected chi connectivity index (χ0v) is 18.0. The summed E-state index contributed by atoms with van der Waals surface area (Å²) in [4.78, 5) is 30.2. The summed E-state index contributed by atoms with van der Waals surface area (Å²) in [5.41, 5.74) is 0.946. The van der Waals surface area contributed by atoms with Gasteiger partial charge < -0.3 is 15.0 Å². The zero-order chi connectivity index (χ0) is 22.8. The summed E-state index contributed by atoms with van der Waals surface area (Å²) < 4.78 is 19.2. The molecule has 0 aliphatic carbocycles. The fourth-order valence-corrected chi connectivity index (χ4v) is 3.70. The quantitative estimate of drug-likeness (QED) is 0.744. The number of halogens is 1. The number of ether oxygens (including phenoxy) is 1. The number of aromatic nitrogens is 1. The van der Waals surface area contributed by atoms with Crippen LogP contribution in [0.4, 0.5) is 14.9 Å². The lowest BCUT2D eigenvalue weighted by atomic mass is 10.00. The zero-order valence-electron chi connectivity index (χ0n) is 18.0. The lowest BCUT2D eigenvalue weighted by Gasteiger charge is -2.30. The van der Waals surface area contributed by atoms with Crippen LogP contribution in [0.5, 0.6) is 0 Å². The number of carbonyl (C=O) groups excluding carboxylic acids is 2. The number of nitrogens with zero attached hydrogens (tertiary/aromatic N) is 3. The minimum absolute atomic E-state index is 0.0854. The molecule has 0 spiro atoms. The van der Waals surface area contributed by atoms with Gasteiger partial charge >= 0.3 is 6.09 Å². The highest BCUT2D eigenvalue weighted by atomic mass is 19.1. The first-order valence-electron chi connectivity index (χ1n) is 9.94. The van der Waals surface area contributed by atoms with Gasteiger partial charge in [-0.15, -0.1) is 0 Å². The van der Waals surface area contributed by atoms with Gasteiger partial charge in [-0.3, -0.25) is 9.78 Å². The van der Waals surface area contributed by atoms with E-state index in [9.17, 15) is 19.2 Å². The van der Waals surface area contributed by atoms with Gasteiger partial charge in [-0.2, -0.15) is 5.26 Å². The van der Waals surface area contributed by atoms with E-state index in [-0.39, 0.29) is 5.56 Å². The van der Waals surface area contributed by atoms with Gasteiger partial charge in [-0.1, -0.05) is 6.07 Å². The molecule has 2 aromatic rings. The summed E-state index contributed by atoms with van der Waals surface area (Å²) in [6.45, 7) is 8.34. The molecule has 1 aromatic heterocycles. The van der Waals surface area contributed by atoms with E-state index in [4.69, 9.17) is 4.74 Å². The first-order valence-corrected chi connectivity index (χ1v) is 9.94. The maximum Gasteiger partial charge on any atom is 0.408 e. The Labute approximate surface area is 180 Å². The van der Waals surface area contributed by atoms with E-state index in [1.54, 1.807) is 33.0 Å². The predicted octanol–water partition coefficient (Wildman–Crippen LogP) is 4.07. The van der Waals surface area contributed by atoms with Crippen molar-refractivity contribution in [3.63, 3.8) is 0 Å². The van der Waals surface area contributed by atoms with Crippen LogP contribution < -0.4 is 10.2 Å². The molecule has 31 heavy (non-hydrogen) atoms. The Kier molecular flexibility index (Phi) is 5.98. The molecule has 1 aromatic carbocycles. The number of pyridine rings is 1. The van der Waals surface area contributed by atoms with E-state index in [2.05, 4.69) is 10.3 Å². The van der Waals surface area contributed by atoms with Gasteiger partial charge in [0.05, 0.1) is 22.4 Å². The maximum absolute atomic E-state index is 13.8. The highest BCUT2D eigenvalue weighted by molar-refractivity contribution is 5.93. The van der Waals surface area contributed by atoms with E-state index >= 15 is 0 Å². The number of anilines is 1. The molecular formula is C23H25FN4O3. The second-order valence-corrected chi connectivity index (χ2v) is 8.91. The molecule has 2 heterocycles. The monoisotopic (exact) mass is 424 g/mol. The van der Waals surface area contributed by atoms with Crippen molar-refractivity contribution in [2.24, 2.45) is 0 Å². The third-order valence-corrected chi connectivity index (χ3v) is 5.06. The average molecular weight is 424 g/mol. The fraction of sp³-hybridized carbons (Fsp3) is 0.391. The number of benzene rings is 1. The molecule has 0 saturated carbocycles. The number of rotatable bonds is 4. The largest absolute Gasteiger partial charge is 0.444 e. The molecule has 3 rings (SSSR count). The van der Waals surface area contributed by atoms with Crippen molar-refractivity contribution in [2.75, 3.05) is 18.0 Å². The van der Waals surface area contributed by atoms with Crippen LogP contribution in [0.15, 0.2) is 30.6 Å². The Bertz CT molecular complexity index is 1060. The number of carbonyl (C=O) groups is 2. The van der Waals surface area contributed by atoms with Crippen LogP contribution in [0.3, 0.4) is 0 Å². The van der Waals surface area contributed by atoms with E-state index in [0.29, 0.717) is 41.9 Å². The number of alkyl carbamates (subject to hydrolysis) is 1. The van der Waals surface area contributed by atoms with E-state index in [1.165, 1.54) is 18.3 Å². The van der Waals surface area contributed by atoms with Crippen LogP contribution in [0.25, 0.3) is 11.1 Å². The minimum Gasteiger partial charge on any atom is -0.444 e. The van der Waals surface area contributed by atoms with Crippen molar-refractivity contribution in [3.05, 3.63) is 47.5 Å². The molecule has 8 heteroatoms. The summed E-state index contributed by atoms with van der Waals surface area (Å²) in [6.07, 6.45) is 3.92. The van der Waals surface area contributed by atoms with E-state index in [1.807, 2.05) is 17.9 Å². The normalized spacial score (nSPS) is 18.4. The van der Waals surface area contributed by atoms with Crippen LogP contribution in [0.2, 0.25) is 0 Å². The molecule has 7 nitrogen and oxygen atoms in total. The van der Waals surface area contributed by atoms with Gasteiger partial charge in [0.25, 0.3) is 0 Å². The molecule has 1 atom stereocenters. The third kappa shape index (κ3) is 5.00. The highest BCUT2D eigenvalue weighted by Crippen LogP contribution is 2.37. The summed E-state index contributed by atoms with van der Waals surface area (Å²) in [5, 5.41) is 12.1. The molecule has 1 fully saturated rings. The Hall–Kier alpha value is -3.47. The first kappa shape index (κ1) is 22.2. The average Bonchev–Trinajstić information content (AvgIpc) is 3.07. The van der Waals surface area contributed by atoms with Crippen molar-refractivity contribution in [2.45, 2.75) is 45.3 Å². The number of nitrogens with one attached hydrogen (secondary N) is 1. The molecule has 1 aliphatic heterocycles. The standard InChI is InChI=1S/C23H25FN4O3/c1-22(2,3)31-21(30)27-23(4)7-8-28(14-23)20-17(13-29)11-26-12-18(20)15-5-6-19(24)16(9-15)10-25/h5-6,9,11-13H,7-8,14H2,1-4H3,(H,27,30)/t23-/m0/s1. The molecule has 1 saturated heterocycles. The highest BCUT2D eigenvalue weighted by Gasteiger charge is 2.38.